The normalized spacial score (nSPS) is 21.3. The first-order valence-electron chi connectivity index (χ1n) is 5.50. The summed E-state index contributed by atoms with van der Waals surface area (Å²) < 4.78 is 26.3. The molecule has 0 bridgehead atoms. The molecule has 0 spiro atoms. The topological polar surface area (TPSA) is 49.4 Å². The molecule has 2 rings (SSSR count). The molecule has 1 aliphatic rings. The second kappa shape index (κ2) is 6.21. The molecule has 1 heterocycles. The SMILES string of the molecule is C[C@H]1CNCCN1S(=O)(=O)c1ccc(Cl)cc1.Cl. The van der Waals surface area contributed by atoms with Crippen molar-refractivity contribution in [2.24, 2.45) is 0 Å². The van der Waals surface area contributed by atoms with E-state index in [1.54, 1.807) is 24.3 Å². The average molecular weight is 311 g/mol. The molecule has 1 N–H and O–H groups in total. The van der Waals surface area contributed by atoms with Crippen LogP contribution in [0, 0.1) is 0 Å². The van der Waals surface area contributed by atoms with Crippen molar-refractivity contribution in [3.63, 3.8) is 0 Å². The number of halogens is 2. The van der Waals surface area contributed by atoms with Crippen LogP contribution >= 0.6 is 24.0 Å². The molecule has 1 atom stereocenters. The highest BCUT2D eigenvalue weighted by Gasteiger charge is 2.30. The van der Waals surface area contributed by atoms with Gasteiger partial charge in [0.25, 0.3) is 0 Å². The minimum atomic E-state index is -3.39. The van der Waals surface area contributed by atoms with Crippen molar-refractivity contribution < 1.29 is 8.42 Å². The maximum atomic E-state index is 12.4. The van der Waals surface area contributed by atoms with Crippen LogP contribution in [0.5, 0.6) is 0 Å². The van der Waals surface area contributed by atoms with Gasteiger partial charge < -0.3 is 5.32 Å². The van der Waals surface area contributed by atoms with Crippen LogP contribution in [-0.2, 0) is 10.0 Å². The zero-order valence-corrected chi connectivity index (χ0v) is 12.4. The molecule has 1 aromatic rings. The number of rotatable bonds is 2. The summed E-state index contributed by atoms with van der Waals surface area (Å²) in [7, 11) is -3.39. The fourth-order valence-electron chi connectivity index (χ4n) is 1.92. The quantitative estimate of drug-likeness (QED) is 0.905. The smallest absolute Gasteiger partial charge is 0.243 e. The Hall–Kier alpha value is -0.330. The molecular formula is C11H16Cl2N2O2S. The molecule has 7 heteroatoms. The van der Waals surface area contributed by atoms with Crippen LogP contribution in [0.4, 0.5) is 0 Å². The molecule has 0 aromatic heterocycles. The zero-order chi connectivity index (χ0) is 12.5. The lowest BCUT2D eigenvalue weighted by Gasteiger charge is -2.32. The number of nitrogens with zero attached hydrogens (tertiary/aromatic N) is 1. The highest BCUT2D eigenvalue weighted by Crippen LogP contribution is 2.20. The lowest BCUT2D eigenvalue weighted by atomic mass is 10.3. The van der Waals surface area contributed by atoms with Gasteiger partial charge in [0.05, 0.1) is 4.90 Å². The largest absolute Gasteiger partial charge is 0.314 e. The number of sulfonamides is 1. The lowest BCUT2D eigenvalue weighted by molar-refractivity contribution is 0.284. The lowest BCUT2D eigenvalue weighted by Crippen LogP contribution is -2.52. The van der Waals surface area contributed by atoms with E-state index >= 15 is 0 Å². The van der Waals surface area contributed by atoms with Crippen LogP contribution in [0.1, 0.15) is 6.92 Å². The number of benzene rings is 1. The van der Waals surface area contributed by atoms with Crippen molar-refractivity contribution in [1.29, 1.82) is 0 Å². The minimum Gasteiger partial charge on any atom is -0.314 e. The first-order chi connectivity index (χ1) is 8.01. The first-order valence-corrected chi connectivity index (χ1v) is 7.32. The van der Waals surface area contributed by atoms with E-state index in [-0.39, 0.29) is 18.4 Å². The summed E-state index contributed by atoms with van der Waals surface area (Å²) in [6.07, 6.45) is 0. The van der Waals surface area contributed by atoms with E-state index in [1.807, 2.05) is 6.92 Å². The van der Waals surface area contributed by atoms with Crippen LogP contribution in [-0.4, -0.2) is 38.4 Å². The van der Waals surface area contributed by atoms with E-state index in [0.717, 1.165) is 0 Å². The van der Waals surface area contributed by atoms with Crippen LogP contribution in [0.2, 0.25) is 5.02 Å². The molecule has 1 aromatic carbocycles. The van der Waals surface area contributed by atoms with Crippen LogP contribution in [0.15, 0.2) is 29.2 Å². The van der Waals surface area contributed by atoms with Crippen molar-refractivity contribution >= 4 is 34.0 Å². The van der Waals surface area contributed by atoms with Gasteiger partial charge in [-0.05, 0) is 31.2 Å². The monoisotopic (exact) mass is 310 g/mol. The summed E-state index contributed by atoms with van der Waals surface area (Å²) in [5.41, 5.74) is 0. The first kappa shape index (κ1) is 15.7. The Kier molecular flexibility index (Phi) is 5.43. The van der Waals surface area contributed by atoms with E-state index < -0.39 is 10.0 Å². The molecule has 1 saturated heterocycles. The molecule has 102 valence electrons. The third kappa shape index (κ3) is 3.16. The summed E-state index contributed by atoms with van der Waals surface area (Å²) in [6.45, 7) is 3.79. The third-order valence-corrected chi connectivity index (χ3v) is 5.14. The molecule has 0 unspecified atom stereocenters. The molecule has 1 fully saturated rings. The molecule has 1 aliphatic heterocycles. The molecule has 18 heavy (non-hydrogen) atoms. The van der Waals surface area contributed by atoms with E-state index in [0.29, 0.717) is 29.6 Å². The van der Waals surface area contributed by atoms with Crippen LogP contribution < -0.4 is 5.32 Å². The van der Waals surface area contributed by atoms with Gasteiger partial charge in [0.15, 0.2) is 0 Å². The van der Waals surface area contributed by atoms with Gasteiger partial charge in [-0.25, -0.2) is 8.42 Å². The van der Waals surface area contributed by atoms with Crippen molar-refractivity contribution in [2.75, 3.05) is 19.6 Å². The van der Waals surface area contributed by atoms with Crippen molar-refractivity contribution in [3.05, 3.63) is 29.3 Å². The summed E-state index contributed by atoms with van der Waals surface area (Å²) in [6, 6.07) is 6.27. The standard InChI is InChI=1S/C11H15ClN2O2S.ClH/c1-9-8-13-6-7-14(9)17(15,16)11-4-2-10(12)3-5-11;/h2-5,9,13H,6-8H2,1H3;1H/t9-;/m0./s1. The Morgan fingerprint density at radius 1 is 1.33 bits per heavy atom. The molecular weight excluding hydrogens is 295 g/mol. The van der Waals surface area contributed by atoms with Crippen LogP contribution in [0.25, 0.3) is 0 Å². The van der Waals surface area contributed by atoms with Crippen molar-refractivity contribution in [3.8, 4) is 0 Å². The van der Waals surface area contributed by atoms with E-state index in [2.05, 4.69) is 5.32 Å². The predicted molar refractivity (Wildman–Crippen MR) is 74.9 cm³/mol. The van der Waals surface area contributed by atoms with Crippen molar-refractivity contribution in [1.82, 2.24) is 9.62 Å². The van der Waals surface area contributed by atoms with Gasteiger partial charge in [-0.2, -0.15) is 4.31 Å². The second-order valence-electron chi connectivity index (χ2n) is 4.12. The summed E-state index contributed by atoms with van der Waals surface area (Å²) in [4.78, 5) is 0.302. The maximum absolute atomic E-state index is 12.4. The minimum absolute atomic E-state index is 0. The number of hydrogen-bond acceptors (Lipinski definition) is 3. The van der Waals surface area contributed by atoms with Crippen molar-refractivity contribution in [2.45, 2.75) is 17.9 Å². The molecule has 4 nitrogen and oxygen atoms in total. The van der Waals surface area contributed by atoms with Crippen LogP contribution in [0.3, 0.4) is 0 Å². The molecule has 0 radical (unpaired) electrons. The van der Waals surface area contributed by atoms with Gasteiger partial charge in [-0.15, -0.1) is 12.4 Å². The Bertz CT molecular complexity index is 490. The summed E-state index contributed by atoms with van der Waals surface area (Å²) in [5.74, 6) is 0. The highest BCUT2D eigenvalue weighted by molar-refractivity contribution is 7.89. The Morgan fingerprint density at radius 2 is 1.94 bits per heavy atom. The average Bonchev–Trinajstić information content (AvgIpc) is 2.30. The van der Waals surface area contributed by atoms with E-state index in [4.69, 9.17) is 11.6 Å². The highest BCUT2D eigenvalue weighted by atomic mass is 35.5. The summed E-state index contributed by atoms with van der Waals surface area (Å²) >= 11 is 5.76. The second-order valence-corrected chi connectivity index (χ2v) is 6.45. The maximum Gasteiger partial charge on any atom is 0.243 e. The fraction of sp³-hybridized carbons (Fsp3) is 0.455. The Morgan fingerprint density at radius 3 is 2.50 bits per heavy atom. The van der Waals surface area contributed by atoms with E-state index in [1.165, 1.54) is 4.31 Å². The van der Waals surface area contributed by atoms with E-state index in [9.17, 15) is 8.42 Å². The molecule has 0 aliphatic carbocycles. The van der Waals surface area contributed by atoms with Gasteiger partial charge in [-0.3, -0.25) is 0 Å². The Labute approximate surface area is 119 Å². The van der Waals surface area contributed by atoms with Gasteiger partial charge >= 0.3 is 0 Å². The fourth-order valence-corrected chi connectivity index (χ4v) is 3.68. The van der Waals surface area contributed by atoms with Gasteiger partial charge in [0.2, 0.25) is 10.0 Å². The van der Waals surface area contributed by atoms with Gasteiger partial charge in [-0.1, -0.05) is 11.6 Å². The Balaban J connectivity index is 0.00000162. The number of nitrogens with one attached hydrogen (secondary N) is 1. The van der Waals surface area contributed by atoms with Gasteiger partial charge in [0.1, 0.15) is 0 Å². The number of hydrogen-bond donors (Lipinski definition) is 1. The molecule has 0 saturated carbocycles. The summed E-state index contributed by atoms with van der Waals surface area (Å²) in [5, 5.41) is 3.71. The van der Waals surface area contributed by atoms with Gasteiger partial charge in [0, 0.05) is 30.7 Å². The zero-order valence-electron chi connectivity index (χ0n) is 9.97. The molecule has 0 amide bonds. The number of piperazine rings is 1. The third-order valence-electron chi connectivity index (χ3n) is 2.86. The predicted octanol–water partition coefficient (Wildman–Crippen LogP) is 1.74.